The molecule has 0 unspecified atom stereocenters. The average Bonchev–Trinajstić information content (AvgIpc) is 2.83. The maximum Gasteiger partial charge on any atom is 0.137 e. The number of pyridine rings is 1. The SMILES string of the molecule is COc1cccc(-c2nc3ccc(N)cn3c2CN2CCCCCC2)c1. The van der Waals surface area contributed by atoms with E-state index >= 15 is 0 Å². The first-order chi connectivity index (χ1) is 12.7. The number of anilines is 1. The molecule has 0 spiro atoms. The van der Waals surface area contributed by atoms with Gasteiger partial charge in [-0.1, -0.05) is 25.0 Å². The number of fused-ring (bicyclic) bond motifs is 1. The summed E-state index contributed by atoms with van der Waals surface area (Å²) in [6.07, 6.45) is 7.19. The van der Waals surface area contributed by atoms with Crippen LogP contribution in [0.2, 0.25) is 0 Å². The first-order valence-corrected chi connectivity index (χ1v) is 9.38. The van der Waals surface area contributed by atoms with E-state index in [2.05, 4.69) is 21.4 Å². The summed E-state index contributed by atoms with van der Waals surface area (Å²) in [7, 11) is 1.70. The van der Waals surface area contributed by atoms with Crippen molar-refractivity contribution in [2.75, 3.05) is 25.9 Å². The second-order valence-electron chi connectivity index (χ2n) is 7.02. The minimum absolute atomic E-state index is 0.754. The number of imidazole rings is 1. The lowest BCUT2D eigenvalue weighted by Gasteiger charge is -2.20. The van der Waals surface area contributed by atoms with Gasteiger partial charge in [0.25, 0.3) is 0 Å². The Morgan fingerprint density at radius 3 is 2.65 bits per heavy atom. The Hall–Kier alpha value is -2.53. The molecule has 0 bridgehead atoms. The molecule has 1 saturated heterocycles. The van der Waals surface area contributed by atoms with Crippen LogP contribution in [0, 0.1) is 0 Å². The quantitative estimate of drug-likeness (QED) is 0.773. The lowest BCUT2D eigenvalue weighted by Crippen LogP contribution is -2.25. The van der Waals surface area contributed by atoms with Crippen molar-refractivity contribution in [2.24, 2.45) is 0 Å². The Morgan fingerprint density at radius 2 is 1.88 bits per heavy atom. The van der Waals surface area contributed by atoms with E-state index in [-0.39, 0.29) is 0 Å². The lowest BCUT2D eigenvalue weighted by atomic mass is 10.1. The van der Waals surface area contributed by atoms with E-state index < -0.39 is 0 Å². The molecule has 1 aliphatic heterocycles. The van der Waals surface area contributed by atoms with Crippen LogP contribution in [0.1, 0.15) is 31.4 Å². The van der Waals surface area contributed by atoms with Gasteiger partial charge in [0.15, 0.2) is 0 Å². The van der Waals surface area contributed by atoms with Crippen LogP contribution >= 0.6 is 0 Å². The molecular formula is C21H26N4O. The minimum Gasteiger partial charge on any atom is -0.497 e. The lowest BCUT2D eigenvalue weighted by molar-refractivity contribution is 0.273. The fraction of sp³-hybridized carbons (Fsp3) is 0.381. The van der Waals surface area contributed by atoms with Gasteiger partial charge in [0.05, 0.1) is 18.5 Å². The summed E-state index contributed by atoms with van der Waals surface area (Å²) >= 11 is 0. The third-order valence-corrected chi connectivity index (χ3v) is 5.16. The van der Waals surface area contributed by atoms with Crippen LogP contribution in [0.3, 0.4) is 0 Å². The summed E-state index contributed by atoms with van der Waals surface area (Å²) in [5.41, 5.74) is 11.0. The summed E-state index contributed by atoms with van der Waals surface area (Å²) in [4.78, 5) is 7.46. The zero-order valence-electron chi connectivity index (χ0n) is 15.3. The molecule has 0 radical (unpaired) electrons. The molecule has 2 aromatic heterocycles. The monoisotopic (exact) mass is 350 g/mol. The Morgan fingerprint density at radius 1 is 1.08 bits per heavy atom. The van der Waals surface area contributed by atoms with E-state index in [0.29, 0.717) is 0 Å². The Balaban J connectivity index is 1.80. The molecule has 3 aromatic rings. The zero-order valence-corrected chi connectivity index (χ0v) is 15.3. The van der Waals surface area contributed by atoms with Gasteiger partial charge in [0.1, 0.15) is 11.4 Å². The van der Waals surface area contributed by atoms with Crippen LogP contribution in [-0.2, 0) is 6.54 Å². The number of nitrogens with two attached hydrogens (primary N) is 1. The van der Waals surface area contributed by atoms with Crippen molar-refractivity contribution in [3.63, 3.8) is 0 Å². The van der Waals surface area contributed by atoms with Gasteiger partial charge in [-0.2, -0.15) is 0 Å². The van der Waals surface area contributed by atoms with Gasteiger partial charge in [-0.3, -0.25) is 4.90 Å². The van der Waals surface area contributed by atoms with E-state index in [9.17, 15) is 0 Å². The van der Waals surface area contributed by atoms with Crippen LogP contribution in [0.4, 0.5) is 5.69 Å². The van der Waals surface area contributed by atoms with E-state index in [1.54, 1.807) is 7.11 Å². The standard InChI is InChI=1S/C21H26N4O/c1-26-18-8-6-7-16(13-18)21-19(15-24-11-4-2-3-5-12-24)25-14-17(22)9-10-20(25)23-21/h6-10,13-14H,2-5,11-12,15,22H2,1H3. The van der Waals surface area contributed by atoms with Crippen LogP contribution in [0.15, 0.2) is 42.6 Å². The Bertz CT molecular complexity index is 894. The molecular weight excluding hydrogens is 324 g/mol. The summed E-state index contributed by atoms with van der Waals surface area (Å²) in [6, 6.07) is 12.0. The van der Waals surface area contributed by atoms with Crippen molar-refractivity contribution in [2.45, 2.75) is 32.2 Å². The number of benzene rings is 1. The molecule has 1 aliphatic rings. The summed E-state index contributed by atoms with van der Waals surface area (Å²) in [5.74, 6) is 0.847. The smallest absolute Gasteiger partial charge is 0.137 e. The topological polar surface area (TPSA) is 55.8 Å². The maximum atomic E-state index is 6.06. The second kappa shape index (κ2) is 7.38. The van der Waals surface area contributed by atoms with Crippen LogP contribution in [-0.4, -0.2) is 34.5 Å². The van der Waals surface area contributed by atoms with Crippen molar-refractivity contribution in [3.05, 3.63) is 48.3 Å². The largest absolute Gasteiger partial charge is 0.497 e. The third-order valence-electron chi connectivity index (χ3n) is 5.16. The molecule has 5 nitrogen and oxygen atoms in total. The van der Waals surface area contributed by atoms with Gasteiger partial charge in [-0.05, 0) is 50.2 Å². The molecule has 0 aliphatic carbocycles. The highest BCUT2D eigenvalue weighted by Gasteiger charge is 2.18. The van der Waals surface area contributed by atoms with Gasteiger partial charge >= 0.3 is 0 Å². The molecule has 0 atom stereocenters. The third kappa shape index (κ3) is 3.40. The molecule has 2 N–H and O–H groups in total. The predicted octanol–water partition coefficient (Wildman–Crippen LogP) is 3.97. The van der Waals surface area contributed by atoms with E-state index in [1.165, 1.54) is 31.4 Å². The molecule has 0 saturated carbocycles. The Labute approximate surface area is 154 Å². The van der Waals surface area contributed by atoms with Gasteiger partial charge < -0.3 is 14.9 Å². The number of methoxy groups -OCH3 is 1. The highest BCUT2D eigenvalue weighted by molar-refractivity contribution is 5.68. The van der Waals surface area contributed by atoms with Gasteiger partial charge in [-0.15, -0.1) is 0 Å². The van der Waals surface area contributed by atoms with Gasteiger partial charge in [0, 0.05) is 24.0 Å². The molecule has 3 heterocycles. The van der Waals surface area contributed by atoms with Crippen LogP contribution in [0.5, 0.6) is 5.75 Å². The summed E-state index contributed by atoms with van der Waals surface area (Å²) in [6.45, 7) is 3.18. The molecule has 1 fully saturated rings. The molecule has 5 heteroatoms. The van der Waals surface area contributed by atoms with Crippen LogP contribution < -0.4 is 10.5 Å². The number of rotatable bonds is 4. The second-order valence-corrected chi connectivity index (χ2v) is 7.02. The van der Waals surface area contributed by atoms with E-state index in [0.717, 1.165) is 48.0 Å². The summed E-state index contributed by atoms with van der Waals surface area (Å²) < 4.78 is 7.56. The average molecular weight is 350 g/mol. The minimum atomic E-state index is 0.754. The number of aromatic nitrogens is 2. The Kier molecular flexibility index (Phi) is 4.80. The first kappa shape index (κ1) is 16.9. The van der Waals surface area contributed by atoms with E-state index in [1.807, 2.05) is 30.5 Å². The van der Waals surface area contributed by atoms with Gasteiger partial charge in [-0.25, -0.2) is 4.98 Å². The fourth-order valence-electron chi connectivity index (χ4n) is 3.77. The molecule has 136 valence electrons. The maximum absolute atomic E-state index is 6.06. The molecule has 26 heavy (non-hydrogen) atoms. The highest BCUT2D eigenvalue weighted by atomic mass is 16.5. The van der Waals surface area contributed by atoms with Crippen molar-refractivity contribution in [1.82, 2.24) is 14.3 Å². The van der Waals surface area contributed by atoms with Crippen molar-refractivity contribution < 1.29 is 4.74 Å². The van der Waals surface area contributed by atoms with Gasteiger partial charge in [0.2, 0.25) is 0 Å². The number of likely N-dealkylation sites (tertiary alicyclic amines) is 1. The highest BCUT2D eigenvalue weighted by Crippen LogP contribution is 2.29. The first-order valence-electron chi connectivity index (χ1n) is 9.38. The predicted molar refractivity (Wildman–Crippen MR) is 105 cm³/mol. The zero-order chi connectivity index (χ0) is 17.9. The molecule has 1 aromatic carbocycles. The molecule has 0 amide bonds. The normalized spacial score (nSPS) is 15.9. The molecule has 4 rings (SSSR count). The van der Waals surface area contributed by atoms with Crippen molar-refractivity contribution >= 4 is 11.3 Å². The van der Waals surface area contributed by atoms with Crippen molar-refractivity contribution in [1.29, 1.82) is 0 Å². The number of hydrogen-bond donors (Lipinski definition) is 1. The number of ether oxygens (including phenoxy) is 1. The fourth-order valence-corrected chi connectivity index (χ4v) is 3.77. The number of hydrogen-bond acceptors (Lipinski definition) is 4. The number of nitrogen functional groups attached to an aromatic ring is 1. The number of nitrogens with zero attached hydrogens (tertiary/aromatic N) is 3. The summed E-state index contributed by atoms with van der Waals surface area (Å²) in [5, 5.41) is 0. The van der Waals surface area contributed by atoms with Crippen molar-refractivity contribution in [3.8, 4) is 17.0 Å². The van der Waals surface area contributed by atoms with Crippen LogP contribution in [0.25, 0.3) is 16.9 Å². The van der Waals surface area contributed by atoms with E-state index in [4.69, 9.17) is 15.5 Å².